The zero-order valence-electron chi connectivity index (χ0n) is 18.8. The van der Waals surface area contributed by atoms with Gasteiger partial charge in [-0.15, -0.1) is 0 Å². The number of likely N-dealkylation sites (tertiary alicyclic amines) is 1. The number of ether oxygens (including phenoxy) is 2. The van der Waals surface area contributed by atoms with Gasteiger partial charge >= 0.3 is 0 Å². The molecule has 0 unspecified atom stereocenters. The van der Waals surface area contributed by atoms with Gasteiger partial charge in [0, 0.05) is 36.3 Å². The molecular formula is C26H31N3O4. The first-order valence-corrected chi connectivity index (χ1v) is 11.9. The van der Waals surface area contributed by atoms with E-state index in [-0.39, 0.29) is 29.9 Å². The third kappa shape index (κ3) is 5.14. The molecule has 2 saturated heterocycles. The minimum Gasteiger partial charge on any atom is -0.486 e. The van der Waals surface area contributed by atoms with Crippen molar-refractivity contribution in [2.75, 3.05) is 25.1 Å². The van der Waals surface area contributed by atoms with Crippen LogP contribution in [-0.4, -0.2) is 54.6 Å². The highest BCUT2D eigenvalue weighted by atomic mass is 16.6. The molecule has 3 atom stereocenters. The van der Waals surface area contributed by atoms with E-state index in [0.717, 1.165) is 32.1 Å². The summed E-state index contributed by atoms with van der Waals surface area (Å²) in [5, 5.41) is 6.27. The van der Waals surface area contributed by atoms with Crippen molar-refractivity contribution in [2.45, 2.75) is 56.7 Å². The van der Waals surface area contributed by atoms with Crippen molar-refractivity contribution < 1.29 is 19.1 Å². The van der Waals surface area contributed by atoms with Crippen molar-refractivity contribution in [3.8, 4) is 11.5 Å². The van der Waals surface area contributed by atoms with Crippen molar-refractivity contribution in [3.05, 3.63) is 54.1 Å². The van der Waals surface area contributed by atoms with Crippen LogP contribution in [0.25, 0.3) is 0 Å². The molecule has 0 aromatic heterocycles. The third-order valence-electron chi connectivity index (χ3n) is 6.85. The summed E-state index contributed by atoms with van der Waals surface area (Å²) in [6.45, 7) is 1.34. The van der Waals surface area contributed by atoms with Gasteiger partial charge < -0.3 is 20.1 Å². The zero-order chi connectivity index (χ0) is 22.6. The SMILES string of the molecule is O=C(CN1[C@H](Cc2ccccc2)C[C@H]2NC(=O)CCCC[C@@H]21)Nc1ccc2c(c1)OCCO2. The van der Waals surface area contributed by atoms with E-state index in [1.54, 1.807) is 0 Å². The molecule has 2 fully saturated rings. The molecule has 0 saturated carbocycles. The lowest BCUT2D eigenvalue weighted by Crippen LogP contribution is -2.48. The molecule has 5 rings (SSSR count). The Morgan fingerprint density at radius 2 is 1.88 bits per heavy atom. The normalized spacial score (nSPS) is 24.8. The largest absolute Gasteiger partial charge is 0.486 e. The topological polar surface area (TPSA) is 79.9 Å². The van der Waals surface area contributed by atoms with Crippen LogP contribution in [0.4, 0.5) is 5.69 Å². The van der Waals surface area contributed by atoms with Crippen LogP contribution in [0.15, 0.2) is 48.5 Å². The number of hydrogen-bond acceptors (Lipinski definition) is 5. The van der Waals surface area contributed by atoms with E-state index in [1.165, 1.54) is 5.56 Å². The lowest BCUT2D eigenvalue weighted by Gasteiger charge is -2.32. The summed E-state index contributed by atoms with van der Waals surface area (Å²) in [5.41, 5.74) is 1.95. The van der Waals surface area contributed by atoms with E-state index in [2.05, 4.69) is 27.7 Å². The van der Waals surface area contributed by atoms with Crippen LogP contribution in [0.3, 0.4) is 0 Å². The van der Waals surface area contributed by atoms with E-state index in [0.29, 0.717) is 43.4 Å². The summed E-state index contributed by atoms with van der Waals surface area (Å²) in [6, 6.07) is 16.3. The van der Waals surface area contributed by atoms with Gasteiger partial charge in [-0.25, -0.2) is 0 Å². The average molecular weight is 450 g/mol. The van der Waals surface area contributed by atoms with E-state index >= 15 is 0 Å². The fraction of sp³-hybridized carbons (Fsp3) is 0.462. The lowest BCUT2D eigenvalue weighted by molar-refractivity contribution is -0.122. The van der Waals surface area contributed by atoms with E-state index in [4.69, 9.17) is 9.47 Å². The highest BCUT2D eigenvalue weighted by Crippen LogP contribution is 2.34. The fourth-order valence-corrected chi connectivity index (χ4v) is 5.35. The van der Waals surface area contributed by atoms with Gasteiger partial charge in [-0.2, -0.15) is 0 Å². The smallest absolute Gasteiger partial charge is 0.238 e. The fourth-order valence-electron chi connectivity index (χ4n) is 5.35. The van der Waals surface area contributed by atoms with E-state index < -0.39 is 0 Å². The second-order valence-corrected chi connectivity index (χ2v) is 9.15. The molecular weight excluding hydrogens is 418 g/mol. The predicted molar refractivity (Wildman–Crippen MR) is 126 cm³/mol. The molecule has 0 spiro atoms. The second-order valence-electron chi connectivity index (χ2n) is 9.15. The van der Waals surface area contributed by atoms with Crippen molar-refractivity contribution in [2.24, 2.45) is 0 Å². The Hall–Kier alpha value is -3.06. The molecule has 33 heavy (non-hydrogen) atoms. The van der Waals surface area contributed by atoms with Gasteiger partial charge in [0.25, 0.3) is 0 Å². The number of amides is 2. The third-order valence-corrected chi connectivity index (χ3v) is 6.85. The van der Waals surface area contributed by atoms with Gasteiger partial charge in [-0.3, -0.25) is 14.5 Å². The molecule has 0 bridgehead atoms. The van der Waals surface area contributed by atoms with E-state index in [9.17, 15) is 9.59 Å². The van der Waals surface area contributed by atoms with Crippen LogP contribution in [0.5, 0.6) is 11.5 Å². The molecule has 3 heterocycles. The molecule has 7 nitrogen and oxygen atoms in total. The Labute approximate surface area is 194 Å². The van der Waals surface area contributed by atoms with Crippen LogP contribution >= 0.6 is 0 Å². The minimum absolute atomic E-state index is 0.0567. The lowest BCUT2D eigenvalue weighted by atomic mass is 9.97. The Kier molecular flexibility index (Phi) is 6.48. The molecule has 7 heteroatoms. The minimum atomic E-state index is -0.0567. The molecule has 174 valence electrons. The standard InChI is InChI=1S/C26H31N3O4/c30-25-9-5-4-8-22-21(28-25)16-20(14-18-6-2-1-3-7-18)29(22)17-26(31)27-19-10-11-23-24(15-19)33-13-12-32-23/h1-3,6-7,10-11,15,20-22H,4-5,8-9,12-14,16-17H2,(H,27,31)(H,28,30)/t20-,21-,22+/m1/s1. The second kappa shape index (κ2) is 9.83. The number of rotatable bonds is 5. The summed E-state index contributed by atoms with van der Waals surface area (Å²) < 4.78 is 11.2. The van der Waals surface area contributed by atoms with Crippen molar-refractivity contribution >= 4 is 17.5 Å². The maximum atomic E-state index is 13.1. The molecule has 3 aliphatic rings. The Morgan fingerprint density at radius 1 is 1.06 bits per heavy atom. The van der Waals surface area contributed by atoms with Crippen molar-refractivity contribution in [3.63, 3.8) is 0 Å². The highest BCUT2D eigenvalue weighted by molar-refractivity contribution is 5.92. The van der Waals surface area contributed by atoms with Crippen LogP contribution in [-0.2, 0) is 16.0 Å². The number of carbonyl (C=O) groups excluding carboxylic acids is 2. The van der Waals surface area contributed by atoms with Crippen LogP contribution in [0.2, 0.25) is 0 Å². The Morgan fingerprint density at radius 3 is 2.73 bits per heavy atom. The maximum absolute atomic E-state index is 13.1. The molecule has 2 N–H and O–H groups in total. The van der Waals surface area contributed by atoms with Gasteiger partial charge in [-0.05, 0) is 43.4 Å². The van der Waals surface area contributed by atoms with Gasteiger partial charge in [-0.1, -0.05) is 36.8 Å². The Balaban J connectivity index is 1.32. The number of benzene rings is 2. The van der Waals surface area contributed by atoms with Gasteiger partial charge in [0.15, 0.2) is 11.5 Å². The predicted octanol–water partition coefficient (Wildman–Crippen LogP) is 3.14. The molecule has 3 aliphatic heterocycles. The monoisotopic (exact) mass is 449 g/mol. The van der Waals surface area contributed by atoms with Gasteiger partial charge in [0.2, 0.25) is 11.8 Å². The average Bonchev–Trinajstić information content (AvgIpc) is 3.10. The molecule has 0 radical (unpaired) electrons. The molecule has 2 aromatic carbocycles. The van der Waals surface area contributed by atoms with Crippen molar-refractivity contribution in [1.29, 1.82) is 0 Å². The van der Waals surface area contributed by atoms with Gasteiger partial charge in [0.05, 0.1) is 6.54 Å². The summed E-state index contributed by atoms with van der Waals surface area (Å²) in [4.78, 5) is 27.7. The zero-order valence-corrected chi connectivity index (χ0v) is 18.8. The first-order chi connectivity index (χ1) is 16.2. The summed E-state index contributed by atoms with van der Waals surface area (Å²) >= 11 is 0. The summed E-state index contributed by atoms with van der Waals surface area (Å²) in [5.74, 6) is 1.43. The summed E-state index contributed by atoms with van der Waals surface area (Å²) in [7, 11) is 0. The first-order valence-electron chi connectivity index (χ1n) is 11.9. The van der Waals surface area contributed by atoms with Crippen LogP contribution in [0.1, 0.15) is 37.7 Å². The van der Waals surface area contributed by atoms with Crippen LogP contribution in [0, 0.1) is 0 Å². The first kappa shape index (κ1) is 21.8. The van der Waals surface area contributed by atoms with Crippen LogP contribution < -0.4 is 20.1 Å². The molecule has 2 aromatic rings. The number of nitrogens with one attached hydrogen (secondary N) is 2. The van der Waals surface area contributed by atoms with Gasteiger partial charge in [0.1, 0.15) is 13.2 Å². The number of carbonyl (C=O) groups is 2. The molecule has 0 aliphatic carbocycles. The number of hydrogen-bond donors (Lipinski definition) is 2. The summed E-state index contributed by atoms with van der Waals surface area (Å²) in [6.07, 6.45) is 5.22. The number of fused-ring (bicyclic) bond motifs is 2. The van der Waals surface area contributed by atoms with E-state index in [1.807, 2.05) is 36.4 Å². The number of nitrogens with zero attached hydrogens (tertiary/aromatic N) is 1. The Bertz CT molecular complexity index is 996. The number of anilines is 1. The maximum Gasteiger partial charge on any atom is 0.238 e. The molecule has 2 amide bonds. The highest BCUT2D eigenvalue weighted by Gasteiger charge is 2.42. The quantitative estimate of drug-likeness (QED) is 0.733. The van der Waals surface area contributed by atoms with Crippen molar-refractivity contribution in [1.82, 2.24) is 10.2 Å².